The molecule has 238 valence electrons. The lowest BCUT2D eigenvalue weighted by atomic mass is 9.82. The molecule has 5 rings (SSSR count). The number of benzene rings is 3. The second-order valence-electron chi connectivity index (χ2n) is 11.8. The lowest BCUT2D eigenvalue weighted by Gasteiger charge is -2.37. The van der Waals surface area contributed by atoms with Crippen molar-refractivity contribution in [3.63, 3.8) is 0 Å². The quantitative estimate of drug-likeness (QED) is 0.111. The molecule has 0 saturated heterocycles. The summed E-state index contributed by atoms with van der Waals surface area (Å²) in [6.45, 7) is 4.82. The Labute approximate surface area is 257 Å². The zero-order valence-electron chi connectivity index (χ0n) is 24.4. The molecule has 0 amide bonds. The van der Waals surface area contributed by atoms with Gasteiger partial charge in [0.2, 0.25) is 0 Å². The molecular weight excluding hydrogens is 620 g/mol. The van der Waals surface area contributed by atoms with Gasteiger partial charge in [-0.2, -0.15) is 17.6 Å². The molecule has 0 heterocycles. The molecule has 2 fully saturated rings. The van der Waals surface area contributed by atoms with Crippen molar-refractivity contribution in [2.45, 2.75) is 77.6 Å². The summed E-state index contributed by atoms with van der Waals surface area (Å²) >= 11 is 0. The number of halogens is 4. The number of rotatable bonds is 7. The molecule has 0 spiro atoms. The van der Waals surface area contributed by atoms with Crippen LogP contribution in [0.5, 0.6) is 0 Å². The normalized spacial score (nSPS) is 21.8. The van der Waals surface area contributed by atoms with Crippen LogP contribution in [0.2, 0.25) is 0 Å². The topological polar surface area (TPSA) is 92.7 Å². The molecular formula is C32H34F4O6S2. The summed E-state index contributed by atoms with van der Waals surface area (Å²) in [4.78, 5) is 15.7. The highest BCUT2D eigenvalue weighted by molar-refractivity contribution is 7.97. The third-order valence-electron chi connectivity index (χ3n) is 7.53. The second kappa shape index (κ2) is 13.1. The Morgan fingerprint density at radius 3 is 1.52 bits per heavy atom. The van der Waals surface area contributed by atoms with Gasteiger partial charge in [0, 0.05) is 5.92 Å². The van der Waals surface area contributed by atoms with Gasteiger partial charge in [0.1, 0.15) is 11.7 Å². The summed E-state index contributed by atoms with van der Waals surface area (Å²) in [5.74, 6) is -8.53. The standard InChI is InChI=1S/C18H15S.C14H20F4O6S/c1-4-10-16(11-5-1)19(17-12-6-2-7-13-17)18-14-8-3-9-15-18;1-12(2,3)24-11(19)23-10-6-7-4-8(10)5-9(7)13(15,16)14(17,18)25(20,21)22/h1-15H;7-10H,4-6H2,1-3H3,(H,20,21,22)/q+1;/p-1. The molecule has 2 aliphatic rings. The number of ether oxygens (including phenoxy) is 2. The van der Waals surface area contributed by atoms with Crippen LogP contribution in [0.4, 0.5) is 22.4 Å². The molecule has 12 heteroatoms. The Hall–Kier alpha value is -3.09. The summed E-state index contributed by atoms with van der Waals surface area (Å²) in [5, 5.41) is -5.68. The van der Waals surface area contributed by atoms with Crippen LogP contribution in [0.3, 0.4) is 0 Å². The molecule has 2 bridgehead atoms. The zero-order chi connectivity index (χ0) is 32.3. The van der Waals surface area contributed by atoms with Crippen LogP contribution in [0.1, 0.15) is 40.0 Å². The van der Waals surface area contributed by atoms with Gasteiger partial charge >= 0.3 is 17.3 Å². The molecule has 0 N–H and O–H groups in total. The molecule has 2 aliphatic carbocycles. The number of fused-ring (bicyclic) bond motifs is 2. The summed E-state index contributed by atoms with van der Waals surface area (Å²) in [6.07, 6.45) is -2.23. The average Bonchev–Trinajstić information content (AvgIpc) is 3.55. The number of alkyl halides is 4. The predicted molar refractivity (Wildman–Crippen MR) is 157 cm³/mol. The van der Waals surface area contributed by atoms with Crippen molar-refractivity contribution in [3.8, 4) is 0 Å². The number of hydrogen-bond acceptors (Lipinski definition) is 6. The van der Waals surface area contributed by atoms with Crippen LogP contribution in [0.15, 0.2) is 106 Å². The van der Waals surface area contributed by atoms with E-state index in [-0.39, 0.29) is 23.7 Å². The van der Waals surface area contributed by atoms with E-state index < -0.39 is 63.3 Å². The van der Waals surface area contributed by atoms with Crippen LogP contribution in [-0.4, -0.2) is 42.0 Å². The van der Waals surface area contributed by atoms with Gasteiger partial charge in [-0.05, 0) is 88.3 Å². The SMILES string of the molecule is CC(C)(C)OC(=O)OC1CC2CC1CC2C(F)(F)C(F)(F)S(=O)(=O)[O-].c1ccc([S+](c2ccccc2)c2ccccc2)cc1. The molecule has 0 aliphatic heterocycles. The van der Waals surface area contributed by atoms with Crippen molar-refractivity contribution in [2.24, 2.45) is 17.8 Å². The lowest BCUT2D eigenvalue weighted by Crippen LogP contribution is -2.53. The molecule has 0 aromatic heterocycles. The van der Waals surface area contributed by atoms with E-state index in [4.69, 9.17) is 9.47 Å². The first-order chi connectivity index (χ1) is 20.5. The van der Waals surface area contributed by atoms with Crippen molar-refractivity contribution < 1.29 is 44.8 Å². The van der Waals surface area contributed by atoms with Gasteiger partial charge in [-0.15, -0.1) is 0 Å². The lowest BCUT2D eigenvalue weighted by molar-refractivity contribution is -0.205. The summed E-state index contributed by atoms with van der Waals surface area (Å²) in [6, 6.07) is 32.2. The molecule has 3 aromatic rings. The number of hydrogen-bond donors (Lipinski definition) is 0. The number of carbonyl (C=O) groups is 1. The Kier molecular flexibility index (Phi) is 10.1. The Morgan fingerprint density at radius 2 is 1.18 bits per heavy atom. The van der Waals surface area contributed by atoms with E-state index in [0.29, 0.717) is 0 Å². The highest BCUT2D eigenvalue weighted by Crippen LogP contribution is 2.58. The van der Waals surface area contributed by atoms with E-state index in [1.165, 1.54) is 14.7 Å². The van der Waals surface area contributed by atoms with E-state index in [1.54, 1.807) is 20.8 Å². The molecule has 2 saturated carbocycles. The molecule has 4 unspecified atom stereocenters. The van der Waals surface area contributed by atoms with Crippen molar-refractivity contribution in [1.82, 2.24) is 0 Å². The van der Waals surface area contributed by atoms with Crippen molar-refractivity contribution in [3.05, 3.63) is 91.0 Å². The summed E-state index contributed by atoms with van der Waals surface area (Å²) in [7, 11) is -6.52. The molecule has 3 aromatic carbocycles. The smallest absolute Gasteiger partial charge is 0.509 e. The van der Waals surface area contributed by atoms with Crippen LogP contribution in [-0.2, 0) is 30.5 Å². The monoisotopic (exact) mass is 654 g/mol. The molecule has 44 heavy (non-hydrogen) atoms. The fraction of sp³-hybridized carbons (Fsp3) is 0.406. The van der Waals surface area contributed by atoms with Gasteiger partial charge in [0.05, 0.1) is 10.9 Å². The maximum absolute atomic E-state index is 14.0. The fourth-order valence-corrected chi connectivity index (χ4v) is 8.26. The first kappa shape index (κ1) is 33.8. The van der Waals surface area contributed by atoms with Crippen molar-refractivity contribution in [1.29, 1.82) is 0 Å². The van der Waals surface area contributed by atoms with E-state index >= 15 is 0 Å². The van der Waals surface area contributed by atoms with Gasteiger partial charge in [-0.1, -0.05) is 54.6 Å². The zero-order valence-corrected chi connectivity index (χ0v) is 26.0. The maximum Gasteiger partial charge on any atom is 0.509 e. The fourth-order valence-electron chi connectivity index (χ4n) is 5.67. The maximum atomic E-state index is 14.0. The molecule has 4 atom stereocenters. The second-order valence-corrected chi connectivity index (χ2v) is 15.2. The average molecular weight is 655 g/mol. The minimum absolute atomic E-state index is 0.0146. The van der Waals surface area contributed by atoms with Gasteiger partial charge in [0.15, 0.2) is 24.8 Å². The van der Waals surface area contributed by atoms with Crippen LogP contribution in [0.25, 0.3) is 0 Å². The first-order valence-electron chi connectivity index (χ1n) is 14.0. The van der Waals surface area contributed by atoms with E-state index in [1.807, 2.05) is 0 Å². The molecule has 6 nitrogen and oxygen atoms in total. The minimum Gasteiger partial charge on any atom is -0.743 e. The van der Waals surface area contributed by atoms with Gasteiger partial charge < -0.3 is 14.0 Å². The highest BCUT2D eigenvalue weighted by atomic mass is 32.2. The van der Waals surface area contributed by atoms with E-state index in [9.17, 15) is 35.3 Å². The third kappa shape index (κ3) is 7.58. The summed E-state index contributed by atoms with van der Waals surface area (Å²) in [5.41, 5.74) is -0.811. The van der Waals surface area contributed by atoms with Gasteiger partial charge in [-0.25, -0.2) is 13.2 Å². The van der Waals surface area contributed by atoms with E-state index in [0.717, 1.165) is 0 Å². The summed E-state index contributed by atoms with van der Waals surface area (Å²) < 4.78 is 96.5. The number of carbonyl (C=O) groups excluding carboxylic acids is 1. The Morgan fingerprint density at radius 1 is 0.750 bits per heavy atom. The Balaban J connectivity index is 0.000000208. The van der Waals surface area contributed by atoms with Gasteiger partial charge in [0.25, 0.3) is 0 Å². The first-order valence-corrected chi connectivity index (χ1v) is 16.6. The van der Waals surface area contributed by atoms with Crippen molar-refractivity contribution in [2.75, 3.05) is 0 Å². The van der Waals surface area contributed by atoms with Crippen LogP contribution >= 0.6 is 0 Å². The highest BCUT2D eigenvalue weighted by Gasteiger charge is 2.69. The van der Waals surface area contributed by atoms with Gasteiger partial charge in [-0.3, -0.25) is 0 Å². The largest absolute Gasteiger partial charge is 0.743 e. The van der Waals surface area contributed by atoms with Crippen molar-refractivity contribution >= 4 is 27.2 Å². The van der Waals surface area contributed by atoms with Crippen LogP contribution in [0, 0.1) is 17.8 Å². The molecule has 0 radical (unpaired) electrons. The minimum atomic E-state index is -6.51. The predicted octanol–water partition coefficient (Wildman–Crippen LogP) is 7.91. The van der Waals surface area contributed by atoms with Crippen LogP contribution < -0.4 is 0 Å². The Bertz CT molecular complexity index is 1410. The third-order valence-corrected chi connectivity index (χ3v) is 10.7. The van der Waals surface area contributed by atoms with E-state index in [2.05, 4.69) is 91.0 Å².